The third-order valence-corrected chi connectivity index (χ3v) is 5.43. The number of benzene rings is 2. The van der Waals surface area contributed by atoms with Crippen LogP contribution in [0.2, 0.25) is 0 Å². The van der Waals surface area contributed by atoms with E-state index in [1.807, 2.05) is 35.7 Å². The molecule has 0 N–H and O–H groups in total. The van der Waals surface area contributed by atoms with Crippen LogP contribution in [0, 0.1) is 11.3 Å². The van der Waals surface area contributed by atoms with E-state index in [9.17, 15) is 0 Å². The van der Waals surface area contributed by atoms with Crippen molar-refractivity contribution in [2.75, 3.05) is 0 Å². The molecule has 0 unspecified atom stereocenters. The average Bonchev–Trinajstić information content (AvgIpc) is 2.50. The van der Waals surface area contributed by atoms with Crippen molar-refractivity contribution >= 4 is 23.5 Å². The van der Waals surface area contributed by atoms with Crippen LogP contribution >= 0.6 is 23.5 Å². The van der Waals surface area contributed by atoms with Gasteiger partial charge in [-0.15, -0.1) is 0 Å². The highest BCUT2D eigenvalue weighted by molar-refractivity contribution is 7.98. The van der Waals surface area contributed by atoms with E-state index in [2.05, 4.69) is 36.4 Å². The van der Waals surface area contributed by atoms with E-state index in [1.54, 1.807) is 0 Å². The van der Waals surface area contributed by atoms with Gasteiger partial charge in [-0.3, -0.25) is 0 Å². The Kier molecular flexibility index (Phi) is 4.34. The summed E-state index contributed by atoms with van der Waals surface area (Å²) in [5, 5.41) is 9.14. The molecule has 4 rings (SSSR count). The van der Waals surface area contributed by atoms with E-state index in [-0.39, 0.29) is 0 Å². The van der Waals surface area contributed by atoms with Crippen molar-refractivity contribution in [3.05, 3.63) is 70.3 Å². The zero-order valence-corrected chi connectivity index (χ0v) is 12.8. The second-order valence-electron chi connectivity index (χ2n) is 4.95. The van der Waals surface area contributed by atoms with E-state index in [1.165, 1.54) is 22.3 Å². The van der Waals surface area contributed by atoms with E-state index >= 15 is 0 Å². The lowest BCUT2D eigenvalue weighted by molar-refractivity contribution is 1.30. The van der Waals surface area contributed by atoms with Gasteiger partial charge in [0.25, 0.3) is 0 Å². The molecular weight excluding hydrogens is 282 g/mol. The maximum atomic E-state index is 9.14. The summed E-state index contributed by atoms with van der Waals surface area (Å²) in [7, 11) is 0. The summed E-state index contributed by atoms with van der Waals surface area (Å²) in [6, 6.07) is 17.5. The number of hydrogen-bond acceptors (Lipinski definition) is 3. The standard InChI is InChI=1S/C17H15NS2/c18-8-15-5-16-7-17(6-15)12-20-10-14-2-1-13(3-4-14)9-19-11-16/h1-7H,9-12H2. The molecule has 0 saturated carbocycles. The highest BCUT2D eigenvalue weighted by atomic mass is 32.2. The average molecular weight is 297 g/mol. The molecular formula is C17H15NS2. The van der Waals surface area contributed by atoms with Gasteiger partial charge in [0, 0.05) is 23.0 Å². The van der Waals surface area contributed by atoms with Crippen LogP contribution in [0.1, 0.15) is 27.8 Å². The van der Waals surface area contributed by atoms with Crippen LogP contribution in [0.3, 0.4) is 0 Å². The molecule has 1 nitrogen and oxygen atoms in total. The second-order valence-corrected chi connectivity index (χ2v) is 6.92. The lowest BCUT2D eigenvalue weighted by atomic mass is 10.1. The van der Waals surface area contributed by atoms with Gasteiger partial charge in [0.05, 0.1) is 11.6 Å². The maximum absolute atomic E-state index is 9.14. The molecule has 0 fully saturated rings. The van der Waals surface area contributed by atoms with E-state index in [4.69, 9.17) is 5.26 Å². The van der Waals surface area contributed by atoms with E-state index < -0.39 is 0 Å². The summed E-state index contributed by atoms with van der Waals surface area (Å²) in [6.07, 6.45) is 0. The predicted octanol–water partition coefficient (Wildman–Crippen LogP) is 4.74. The molecule has 2 aliphatic heterocycles. The number of fused-ring (bicyclic) bond motifs is 6. The van der Waals surface area contributed by atoms with Crippen LogP contribution in [0.4, 0.5) is 0 Å². The Labute approximate surface area is 128 Å². The Hall–Kier alpha value is -1.37. The Morgan fingerprint density at radius 2 is 1.15 bits per heavy atom. The summed E-state index contributed by atoms with van der Waals surface area (Å²) in [5.74, 6) is 3.99. The zero-order valence-electron chi connectivity index (χ0n) is 11.1. The van der Waals surface area contributed by atoms with Crippen LogP contribution in [-0.2, 0) is 23.0 Å². The molecule has 2 heterocycles. The summed E-state index contributed by atoms with van der Waals surface area (Å²) in [6.45, 7) is 0. The van der Waals surface area contributed by atoms with Gasteiger partial charge >= 0.3 is 0 Å². The Morgan fingerprint density at radius 1 is 0.700 bits per heavy atom. The van der Waals surface area contributed by atoms with Crippen molar-refractivity contribution in [3.63, 3.8) is 0 Å². The monoisotopic (exact) mass is 297 g/mol. The van der Waals surface area contributed by atoms with Gasteiger partial charge in [-0.1, -0.05) is 30.3 Å². The normalized spacial score (nSPS) is 14.8. The van der Waals surface area contributed by atoms with Crippen molar-refractivity contribution < 1.29 is 0 Å². The second kappa shape index (κ2) is 6.39. The summed E-state index contributed by atoms with van der Waals surface area (Å²) in [5.41, 5.74) is 6.06. The first-order valence-corrected chi connectivity index (χ1v) is 8.91. The fraction of sp³-hybridized carbons (Fsp3) is 0.235. The van der Waals surface area contributed by atoms with Crippen LogP contribution < -0.4 is 0 Å². The minimum Gasteiger partial charge on any atom is -0.192 e. The molecule has 0 aliphatic carbocycles. The molecule has 0 spiro atoms. The third kappa shape index (κ3) is 3.39. The minimum absolute atomic E-state index is 0.785. The molecule has 0 amide bonds. The van der Waals surface area contributed by atoms with E-state index in [0.29, 0.717) is 0 Å². The number of hydrogen-bond donors (Lipinski definition) is 0. The maximum Gasteiger partial charge on any atom is 0.0991 e. The van der Waals surface area contributed by atoms with Crippen LogP contribution in [-0.4, -0.2) is 0 Å². The van der Waals surface area contributed by atoms with Crippen LogP contribution in [0.25, 0.3) is 0 Å². The minimum atomic E-state index is 0.785. The van der Waals surface area contributed by atoms with E-state index in [0.717, 1.165) is 28.6 Å². The molecule has 20 heavy (non-hydrogen) atoms. The molecule has 4 bridgehead atoms. The first-order valence-electron chi connectivity index (χ1n) is 6.60. The number of rotatable bonds is 0. The van der Waals surface area contributed by atoms with Crippen LogP contribution in [0.5, 0.6) is 0 Å². The Morgan fingerprint density at radius 3 is 1.60 bits per heavy atom. The van der Waals surface area contributed by atoms with Crippen molar-refractivity contribution in [1.29, 1.82) is 5.26 Å². The Balaban J connectivity index is 1.88. The zero-order chi connectivity index (χ0) is 13.8. The number of thioether (sulfide) groups is 2. The SMILES string of the molecule is N#Cc1cc2cc(c1)CSCc1ccc(cc1)CSC2. The van der Waals surface area contributed by atoms with Crippen molar-refractivity contribution in [2.24, 2.45) is 0 Å². The van der Waals surface area contributed by atoms with Gasteiger partial charge < -0.3 is 0 Å². The van der Waals surface area contributed by atoms with Gasteiger partial charge in [-0.25, -0.2) is 0 Å². The highest BCUT2D eigenvalue weighted by Crippen LogP contribution is 2.25. The molecule has 2 aliphatic rings. The highest BCUT2D eigenvalue weighted by Gasteiger charge is 2.05. The molecule has 2 aromatic rings. The van der Waals surface area contributed by atoms with Gasteiger partial charge in [0.2, 0.25) is 0 Å². The number of nitriles is 1. The number of nitrogens with zero attached hydrogens (tertiary/aromatic N) is 1. The van der Waals surface area contributed by atoms with Crippen LogP contribution in [0.15, 0.2) is 42.5 Å². The third-order valence-electron chi connectivity index (χ3n) is 3.28. The molecule has 0 atom stereocenters. The molecule has 3 heteroatoms. The lowest BCUT2D eigenvalue weighted by Crippen LogP contribution is -1.89. The smallest absolute Gasteiger partial charge is 0.0991 e. The molecule has 0 radical (unpaired) electrons. The fourth-order valence-electron chi connectivity index (χ4n) is 2.30. The first kappa shape index (κ1) is 13.6. The largest absolute Gasteiger partial charge is 0.192 e. The van der Waals surface area contributed by atoms with Gasteiger partial charge in [-0.05, 0) is 34.4 Å². The topological polar surface area (TPSA) is 23.8 Å². The first-order chi connectivity index (χ1) is 9.83. The molecule has 2 aromatic carbocycles. The molecule has 100 valence electrons. The summed E-state index contributed by atoms with van der Waals surface area (Å²) < 4.78 is 0. The fourth-order valence-corrected chi connectivity index (χ4v) is 4.16. The molecule has 0 saturated heterocycles. The van der Waals surface area contributed by atoms with Crippen molar-refractivity contribution in [3.8, 4) is 6.07 Å². The quantitative estimate of drug-likeness (QED) is 0.702. The summed E-state index contributed by atoms with van der Waals surface area (Å²) >= 11 is 3.82. The summed E-state index contributed by atoms with van der Waals surface area (Å²) in [4.78, 5) is 0. The molecule has 0 aromatic heterocycles. The predicted molar refractivity (Wildman–Crippen MR) is 87.6 cm³/mol. The van der Waals surface area contributed by atoms with Gasteiger partial charge in [-0.2, -0.15) is 28.8 Å². The lowest BCUT2D eigenvalue weighted by Gasteiger charge is -2.06. The van der Waals surface area contributed by atoms with Gasteiger partial charge in [0.15, 0.2) is 0 Å². The Bertz CT molecular complexity index is 594. The van der Waals surface area contributed by atoms with Crippen molar-refractivity contribution in [2.45, 2.75) is 23.0 Å². The van der Waals surface area contributed by atoms with Crippen molar-refractivity contribution in [1.82, 2.24) is 0 Å². The van der Waals surface area contributed by atoms with Gasteiger partial charge in [0.1, 0.15) is 0 Å².